The number of nitrogens with one attached hydrogen (secondary N) is 2. The molecule has 1 aromatic rings. The van der Waals surface area contributed by atoms with Gasteiger partial charge in [-0.3, -0.25) is 4.99 Å². The zero-order valence-corrected chi connectivity index (χ0v) is 19.6. The van der Waals surface area contributed by atoms with Crippen LogP contribution in [0.15, 0.2) is 29.3 Å². The molecule has 8 heteroatoms. The van der Waals surface area contributed by atoms with Crippen LogP contribution < -0.4 is 15.4 Å². The Labute approximate surface area is 186 Å². The lowest BCUT2D eigenvalue weighted by Crippen LogP contribution is -2.37. The molecule has 2 N–H and O–H groups in total. The van der Waals surface area contributed by atoms with Crippen molar-refractivity contribution in [2.45, 2.75) is 25.5 Å². The quantitative estimate of drug-likeness (QED) is 0.208. The third kappa shape index (κ3) is 9.90. The van der Waals surface area contributed by atoms with Crippen LogP contribution in [-0.4, -0.2) is 77.6 Å². The second-order valence-electron chi connectivity index (χ2n) is 6.82. The fraction of sp³-hybridized carbons (Fsp3) is 0.650. The Balaban J connectivity index is 0.00000392. The molecule has 0 bridgehead atoms. The summed E-state index contributed by atoms with van der Waals surface area (Å²) in [5.74, 6) is 1.69. The Kier molecular flexibility index (Phi) is 13.2. The van der Waals surface area contributed by atoms with Gasteiger partial charge in [0.25, 0.3) is 0 Å². The molecule has 0 radical (unpaired) electrons. The molecule has 1 heterocycles. The van der Waals surface area contributed by atoms with E-state index in [0.29, 0.717) is 13.2 Å². The highest BCUT2D eigenvalue weighted by molar-refractivity contribution is 14.0. The SMILES string of the molecule is CN=C(NCCCOC1CCOC1)NCc1ccccc1OCCN(C)C.I. The number of likely N-dealkylation sites (N-methyl/N-ethyl adjacent to an activating group) is 1. The van der Waals surface area contributed by atoms with Gasteiger partial charge in [0.2, 0.25) is 0 Å². The third-order valence-electron chi connectivity index (χ3n) is 4.29. The highest BCUT2D eigenvalue weighted by atomic mass is 127. The van der Waals surface area contributed by atoms with Crippen LogP contribution in [0.25, 0.3) is 0 Å². The first kappa shape index (κ1) is 24.9. The predicted molar refractivity (Wildman–Crippen MR) is 124 cm³/mol. The largest absolute Gasteiger partial charge is 0.492 e. The van der Waals surface area contributed by atoms with Crippen molar-refractivity contribution in [3.63, 3.8) is 0 Å². The molecular formula is C20H35IN4O3. The van der Waals surface area contributed by atoms with E-state index in [2.05, 4.69) is 26.6 Å². The number of halogens is 1. The van der Waals surface area contributed by atoms with Crippen molar-refractivity contribution >= 4 is 29.9 Å². The van der Waals surface area contributed by atoms with Crippen LogP contribution in [-0.2, 0) is 16.0 Å². The van der Waals surface area contributed by atoms with E-state index in [4.69, 9.17) is 14.2 Å². The van der Waals surface area contributed by atoms with Gasteiger partial charge in [0.05, 0.1) is 12.7 Å². The van der Waals surface area contributed by atoms with Crippen LogP contribution in [0.3, 0.4) is 0 Å². The maximum absolute atomic E-state index is 5.91. The number of guanidine groups is 1. The Hall–Kier alpha value is -1.10. The van der Waals surface area contributed by atoms with Crippen LogP contribution in [0, 0.1) is 0 Å². The lowest BCUT2D eigenvalue weighted by atomic mass is 10.2. The van der Waals surface area contributed by atoms with E-state index in [1.807, 2.05) is 32.3 Å². The summed E-state index contributed by atoms with van der Waals surface area (Å²) in [6, 6.07) is 8.10. The smallest absolute Gasteiger partial charge is 0.191 e. The van der Waals surface area contributed by atoms with E-state index in [0.717, 1.165) is 63.0 Å². The van der Waals surface area contributed by atoms with Crippen molar-refractivity contribution < 1.29 is 14.2 Å². The Morgan fingerprint density at radius 1 is 1.25 bits per heavy atom. The van der Waals surface area contributed by atoms with E-state index in [1.54, 1.807) is 7.05 Å². The van der Waals surface area contributed by atoms with Crippen LogP contribution in [0.2, 0.25) is 0 Å². The molecule has 0 aliphatic carbocycles. The van der Waals surface area contributed by atoms with E-state index in [-0.39, 0.29) is 30.1 Å². The first-order valence-electron chi connectivity index (χ1n) is 9.68. The number of nitrogens with zero attached hydrogens (tertiary/aromatic N) is 2. The average molecular weight is 506 g/mol. The van der Waals surface area contributed by atoms with Gasteiger partial charge in [0.15, 0.2) is 5.96 Å². The minimum absolute atomic E-state index is 0. The Bertz CT molecular complexity index is 566. The summed E-state index contributed by atoms with van der Waals surface area (Å²) in [7, 11) is 5.86. The van der Waals surface area contributed by atoms with E-state index in [9.17, 15) is 0 Å². The number of hydrogen-bond donors (Lipinski definition) is 2. The summed E-state index contributed by atoms with van der Waals surface area (Å²) in [5, 5.41) is 6.67. The lowest BCUT2D eigenvalue weighted by molar-refractivity contribution is 0.0420. The maximum Gasteiger partial charge on any atom is 0.191 e. The van der Waals surface area contributed by atoms with Gasteiger partial charge in [-0.05, 0) is 33.0 Å². The standard InChI is InChI=1S/C20H34N4O3.HI/c1-21-20(22-10-6-12-26-18-9-13-25-16-18)23-15-17-7-4-5-8-19(17)27-14-11-24(2)3;/h4-5,7-8,18H,6,9-16H2,1-3H3,(H2,21,22,23);1H. The number of rotatable bonds is 11. The topological polar surface area (TPSA) is 67.4 Å². The molecule has 160 valence electrons. The number of para-hydroxylation sites is 1. The minimum atomic E-state index is 0. The van der Waals surface area contributed by atoms with Crippen LogP contribution >= 0.6 is 24.0 Å². The Morgan fingerprint density at radius 2 is 2.07 bits per heavy atom. The minimum Gasteiger partial charge on any atom is -0.492 e. The lowest BCUT2D eigenvalue weighted by Gasteiger charge is -2.16. The molecule has 0 saturated carbocycles. The number of hydrogen-bond acceptors (Lipinski definition) is 5. The summed E-state index contributed by atoms with van der Waals surface area (Å²) in [5.41, 5.74) is 1.11. The molecule has 7 nitrogen and oxygen atoms in total. The summed E-state index contributed by atoms with van der Waals surface area (Å²) in [6.45, 7) is 5.32. The molecule has 28 heavy (non-hydrogen) atoms. The molecule has 1 saturated heterocycles. The molecule has 2 rings (SSSR count). The Morgan fingerprint density at radius 3 is 2.79 bits per heavy atom. The monoisotopic (exact) mass is 506 g/mol. The maximum atomic E-state index is 5.91. The molecular weight excluding hydrogens is 471 g/mol. The first-order chi connectivity index (χ1) is 13.2. The van der Waals surface area contributed by atoms with Crippen molar-refractivity contribution in [3.05, 3.63) is 29.8 Å². The van der Waals surface area contributed by atoms with Gasteiger partial charge >= 0.3 is 0 Å². The predicted octanol–water partition coefficient (Wildman–Crippen LogP) is 2.11. The van der Waals surface area contributed by atoms with Crippen molar-refractivity contribution in [3.8, 4) is 5.75 Å². The van der Waals surface area contributed by atoms with E-state index in [1.165, 1.54) is 0 Å². The third-order valence-corrected chi connectivity index (χ3v) is 4.29. The molecule has 1 unspecified atom stereocenters. The van der Waals surface area contributed by atoms with Crippen LogP contribution in [0.1, 0.15) is 18.4 Å². The second-order valence-corrected chi connectivity index (χ2v) is 6.82. The van der Waals surface area contributed by atoms with Gasteiger partial charge in [-0.15, -0.1) is 24.0 Å². The zero-order valence-electron chi connectivity index (χ0n) is 17.3. The number of aliphatic imine (C=N–C) groups is 1. The average Bonchev–Trinajstić information content (AvgIpc) is 3.18. The van der Waals surface area contributed by atoms with Crippen molar-refractivity contribution in [1.82, 2.24) is 15.5 Å². The number of benzene rings is 1. The molecule has 0 spiro atoms. The van der Waals surface area contributed by atoms with Crippen LogP contribution in [0.5, 0.6) is 5.75 Å². The van der Waals surface area contributed by atoms with Crippen molar-refractivity contribution in [2.75, 3.05) is 60.7 Å². The normalized spacial score (nSPS) is 16.7. The molecule has 0 amide bonds. The van der Waals surface area contributed by atoms with E-state index >= 15 is 0 Å². The second kappa shape index (κ2) is 14.8. The highest BCUT2D eigenvalue weighted by Gasteiger charge is 2.15. The van der Waals surface area contributed by atoms with Gasteiger partial charge in [0.1, 0.15) is 12.4 Å². The van der Waals surface area contributed by atoms with Gasteiger partial charge in [-0.1, -0.05) is 18.2 Å². The van der Waals surface area contributed by atoms with Gasteiger partial charge in [0, 0.05) is 45.5 Å². The van der Waals surface area contributed by atoms with Gasteiger partial charge in [-0.25, -0.2) is 0 Å². The molecule has 1 fully saturated rings. The molecule has 1 aliphatic rings. The molecule has 1 aromatic carbocycles. The first-order valence-corrected chi connectivity index (χ1v) is 9.68. The summed E-state index contributed by atoms with van der Waals surface area (Å²) in [6.07, 6.45) is 2.21. The number of ether oxygens (including phenoxy) is 3. The molecule has 1 aliphatic heterocycles. The summed E-state index contributed by atoms with van der Waals surface area (Å²) >= 11 is 0. The van der Waals surface area contributed by atoms with Crippen molar-refractivity contribution in [1.29, 1.82) is 0 Å². The fourth-order valence-corrected chi connectivity index (χ4v) is 2.70. The highest BCUT2D eigenvalue weighted by Crippen LogP contribution is 2.17. The van der Waals surface area contributed by atoms with Crippen molar-refractivity contribution in [2.24, 2.45) is 4.99 Å². The molecule has 1 atom stereocenters. The van der Waals surface area contributed by atoms with Gasteiger partial charge in [-0.2, -0.15) is 0 Å². The molecule has 0 aromatic heterocycles. The summed E-state index contributed by atoms with van der Waals surface area (Å²) < 4.78 is 17.0. The van der Waals surface area contributed by atoms with E-state index < -0.39 is 0 Å². The zero-order chi connectivity index (χ0) is 19.3. The fourth-order valence-electron chi connectivity index (χ4n) is 2.70. The summed E-state index contributed by atoms with van der Waals surface area (Å²) in [4.78, 5) is 6.39. The van der Waals surface area contributed by atoms with Gasteiger partial charge < -0.3 is 29.7 Å². The van der Waals surface area contributed by atoms with Crippen LogP contribution in [0.4, 0.5) is 0 Å².